The molecule has 0 spiro atoms. The number of methoxy groups -OCH3 is 2. The molecule has 0 heterocycles. The van der Waals surface area contributed by atoms with Gasteiger partial charge in [0.15, 0.2) is 0 Å². The van der Waals surface area contributed by atoms with Gasteiger partial charge in [-0.25, -0.2) is 13.6 Å². The quantitative estimate of drug-likeness (QED) is 0.428. The molecule has 0 bridgehead atoms. The first-order chi connectivity index (χ1) is 16.2. The monoisotopic (exact) mass is 477 g/mol. The predicted molar refractivity (Wildman–Crippen MR) is 121 cm³/mol. The minimum atomic E-state index is -3.34. The van der Waals surface area contributed by atoms with Crippen molar-refractivity contribution in [1.82, 2.24) is 10.6 Å². The zero-order valence-electron chi connectivity index (χ0n) is 19.0. The Labute approximate surface area is 196 Å². The minimum Gasteiger partial charge on any atom is -0.468 e. The Morgan fingerprint density at radius 2 is 1.47 bits per heavy atom. The zero-order chi connectivity index (χ0) is 25.1. The van der Waals surface area contributed by atoms with Gasteiger partial charge in [-0.2, -0.15) is 0 Å². The van der Waals surface area contributed by atoms with Gasteiger partial charge in [0, 0.05) is 12.3 Å². The molecule has 4 N–H and O–H groups in total. The van der Waals surface area contributed by atoms with E-state index >= 15 is 0 Å². The molecule has 2 amide bonds. The molecule has 2 atom stereocenters. The van der Waals surface area contributed by atoms with Crippen molar-refractivity contribution < 1.29 is 32.6 Å². The summed E-state index contributed by atoms with van der Waals surface area (Å²) in [5.41, 5.74) is 6.91. The smallest absolute Gasteiger partial charge is 0.407 e. The van der Waals surface area contributed by atoms with E-state index in [4.69, 9.17) is 5.73 Å². The van der Waals surface area contributed by atoms with Gasteiger partial charge in [-0.1, -0.05) is 60.7 Å². The summed E-state index contributed by atoms with van der Waals surface area (Å²) in [5, 5.41) is 4.70. The molecule has 0 radical (unpaired) electrons. The van der Waals surface area contributed by atoms with Crippen LogP contribution >= 0.6 is 0 Å². The van der Waals surface area contributed by atoms with Crippen molar-refractivity contribution in [3.63, 3.8) is 0 Å². The number of rotatable bonds is 11. The molecule has 0 aliphatic heterocycles. The first-order valence-electron chi connectivity index (χ1n) is 10.6. The van der Waals surface area contributed by atoms with E-state index in [1.165, 1.54) is 0 Å². The molecular formula is C24H29F2N3O5. The highest BCUT2D eigenvalue weighted by Gasteiger charge is 2.36. The Morgan fingerprint density at radius 3 is 1.94 bits per heavy atom. The van der Waals surface area contributed by atoms with Gasteiger partial charge in [-0.3, -0.25) is 9.59 Å². The second-order valence-electron chi connectivity index (χ2n) is 7.65. The number of amides is 2. The summed E-state index contributed by atoms with van der Waals surface area (Å²) in [7, 11) is 2.26. The van der Waals surface area contributed by atoms with E-state index in [9.17, 15) is 23.2 Å². The van der Waals surface area contributed by atoms with E-state index in [1.54, 1.807) is 60.7 Å². The molecule has 0 unspecified atom stereocenters. The predicted octanol–water partition coefficient (Wildman–Crippen LogP) is 2.58. The summed E-state index contributed by atoms with van der Waals surface area (Å²) in [6, 6.07) is 15.4. The maximum absolute atomic E-state index is 14.4. The highest BCUT2D eigenvalue weighted by atomic mass is 19.3. The van der Waals surface area contributed by atoms with Crippen molar-refractivity contribution in [3.8, 4) is 0 Å². The summed E-state index contributed by atoms with van der Waals surface area (Å²) < 4.78 is 37.9. The van der Waals surface area contributed by atoms with Crippen molar-refractivity contribution in [2.75, 3.05) is 20.8 Å². The Morgan fingerprint density at radius 1 is 0.941 bits per heavy atom. The van der Waals surface area contributed by atoms with Crippen LogP contribution in [0.4, 0.5) is 13.6 Å². The van der Waals surface area contributed by atoms with Gasteiger partial charge < -0.3 is 25.8 Å². The summed E-state index contributed by atoms with van der Waals surface area (Å²) >= 11 is 0. The first-order valence-corrected chi connectivity index (χ1v) is 10.6. The van der Waals surface area contributed by atoms with Crippen LogP contribution in [0, 0.1) is 0 Å². The Bertz CT molecular complexity index is 905. The number of benzene rings is 2. The minimum absolute atomic E-state index is 0.323. The summed E-state index contributed by atoms with van der Waals surface area (Å²) in [4.78, 5) is 36.5. The topological polar surface area (TPSA) is 120 Å². The van der Waals surface area contributed by atoms with E-state index in [2.05, 4.69) is 20.1 Å². The van der Waals surface area contributed by atoms with Crippen LogP contribution in [-0.2, 0) is 19.1 Å². The molecule has 2 aromatic carbocycles. The molecule has 0 aromatic heterocycles. The molecule has 0 saturated heterocycles. The summed E-state index contributed by atoms with van der Waals surface area (Å²) in [6.07, 6.45) is -1.94. The standard InChI is InChI=1S/C24H29F2N3O5/c1-33-22(31)18(27)13-14-24(25,26)15-28-21(30)20(29-23(32)34-2)19(16-9-5-3-6-10-16)17-11-7-4-8-12-17/h3-12,18-20H,13-15,27H2,1-2H3,(H,28,30)(H,29,32)/t18-,20-/m0/s1. The lowest BCUT2D eigenvalue weighted by Crippen LogP contribution is -2.52. The SMILES string of the molecule is COC(=O)N[C@H](C(=O)NCC(F)(F)CC[C@H](N)C(=O)OC)C(c1ccccc1)c1ccccc1. The number of alkyl carbamates (subject to hydrolysis) is 1. The van der Waals surface area contributed by atoms with E-state index < -0.39 is 54.9 Å². The van der Waals surface area contributed by atoms with Gasteiger partial charge in [0.1, 0.15) is 12.1 Å². The highest BCUT2D eigenvalue weighted by molar-refractivity contribution is 5.87. The number of halogens is 2. The maximum Gasteiger partial charge on any atom is 0.407 e. The van der Waals surface area contributed by atoms with Gasteiger partial charge in [0.25, 0.3) is 5.92 Å². The van der Waals surface area contributed by atoms with Crippen molar-refractivity contribution >= 4 is 18.0 Å². The Hall–Kier alpha value is -3.53. The number of hydrogen-bond acceptors (Lipinski definition) is 6. The average molecular weight is 478 g/mol. The number of alkyl halides is 2. The van der Waals surface area contributed by atoms with Crippen LogP contribution in [0.1, 0.15) is 29.9 Å². The number of nitrogens with one attached hydrogen (secondary N) is 2. The Balaban J connectivity index is 2.24. The van der Waals surface area contributed by atoms with Gasteiger partial charge in [0.05, 0.1) is 20.8 Å². The number of carbonyl (C=O) groups excluding carboxylic acids is 3. The molecule has 0 aliphatic carbocycles. The molecule has 0 fully saturated rings. The molecule has 10 heteroatoms. The number of carbonyl (C=O) groups is 3. The second kappa shape index (κ2) is 12.6. The molecule has 2 rings (SSSR count). The normalized spacial score (nSPS) is 13.0. The fourth-order valence-corrected chi connectivity index (χ4v) is 3.43. The van der Waals surface area contributed by atoms with Crippen LogP contribution in [0.25, 0.3) is 0 Å². The molecule has 0 aliphatic rings. The molecular weight excluding hydrogens is 448 g/mol. The van der Waals surface area contributed by atoms with Crippen LogP contribution < -0.4 is 16.4 Å². The van der Waals surface area contributed by atoms with E-state index in [0.717, 1.165) is 14.2 Å². The fourth-order valence-electron chi connectivity index (χ4n) is 3.43. The van der Waals surface area contributed by atoms with Gasteiger partial charge >= 0.3 is 12.1 Å². The molecule has 2 aromatic rings. The fraction of sp³-hybridized carbons (Fsp3) is 0.375. The van der Waals surface area contributed by atoms with E-state index in [-0.39, 0.29) is 6.42 Å². The lowest BCUT2D eigenvalue weighted by atomic mass is 9.84. The van der Waals surface area contributed by atoms with Crippen LogP contribution in [0.15, 0.2) is 60.7 Å². The third-order valence-corrected chi connectivity index (χ3v) is 5.24. The lowest BCUT2D eigenvalue weighted by molar-refractivity contribution is -0.142. The number of ether oxygens (including phenoxy) is 2. The summed E-state index contributed by atoms with van der Waals surface area (Å²) in [5.74, 6) is -5.63. The van der Waals surface area contributed by atoms with Crippen molar-refractivity contribution in [2.24, 2.45) is 5.73 Å². The van der Waals surface area contributed by atoms with Gasteiger partial charge in [0.2, 0.25) is 5.91 Å². The van der Waals surface area contributed by atoms with Crippen molar-refractivity contribution in [3.05, 3.63) is 71.8 Å². The van der Waals surface area contributed by atoms with E-state index in [1.807, 2.05) is 0 Å². The van der Waals surface area contributed by atoms with Gasteiger partial charge in [-0.15, -0.1) is 0 Å². The van der Waals surface area contributed by atoms with Gasteiger partial charge in [-0.05, 0) is 17.5 Å². The zero-order valence-corrected chi connectivity index (χ0v) is 19.0. The van der Waals surface area contributed by atoms with Crippen LogP contribution in [0.5, 0.6) is 0 Å². The molecule has 184 valence electrons. The lowest BCUT2D eigenvalue weighted by Gasteiger charge is -2.28. The van der Waals surface area contributed by atoms with Crippen molar-refractivity contribution in [1.29, 1.82) is 0 Å². The molecule has 34 heavy (non-hydrogen) atoms. The number of nitrogens with two attached hydrogens (primary N) is 1. The van der Waals surface area contributed by atoms with Crippen LogP contribution in [-0.4, -0.2) is 56.7 Å². The third-order valence-electron chi connectivity index (χ3n) is 5.24. The third kappa shape index (κ3) is 7.80. The average Bonchev–Trinajstić information content (AvgIpc) is 2.86. The number of hydrogen-bond donors (Lipinski definition) is 3. The van der Waals surface area contributed by atoms with Crippen LogP contribution in [0.3, 0.4) is 0 Å². The largest absolute Gasteiger partial charge is 0.468 e. The summed E-state index contributed by atoms with van der Waals surface area (Å²) in [6.45, 7) is -1.00. The molecule has 0 saturated carbocycles. The molecule has 8 nitrogen and oxygen atoms in total. The Kier molecular flexibility index (Phi) is 9.93. The second-order valence-corrected chi connectivity index (χ2v) is 7.65. The first kappa shape index (κ1) is 26.7. The van der Waals surface area contributed by atoms with Crippen molar-refractivity contribution in [2.45, 2.75) is 36.8 Å². The van der Waals surface area contributed by atoms with E-state index in [0.29, 0.717) is 11.1 Å². The number of esters is 1. The highest BCUT2D eigenvalue weighted by Crippen LogP contribution is 2.29. The van der Waals surface area contributed by atoms with Crippen LogP contribution in [0.2, 0.25) is 0 Å². The maximum atomic E-state index is 14.4.